The van der Waals surface area contributed by atoms with E-state index >= 15 is 0 Å². The van der Waals surface area contributed by atoms with Crippen LogP contribution in [-0.2, 0) is 11.3 Å². The lowest BCUT2D eigenvalue weighted by atomic mass is 9.85. The Morgan fingerprint density at radius 3 is 2.41 bits per heavy atom. The summed E-state index contributed by atoms with van der Waals surface area (Å²) in [4.78, 5) is 24.8. The molecule has 6 nitrogen and oxygen atoms in total. The maximum Gasteiger partial charge on any atom is 0.252 e. The minimum Gasteiger partial charge on any atom is -0.292 e. The standard InChI is InChI=1S/C27H26ClN5O/c1-16-8-7-9-20(12-16)15-32-24(34)14-22(21-10-5-6-11-23(21)28)25-19(4)31-33(26(25)32)27-29-17(2)13-18(3)30-27/h5-13,22H,14-15H2,1-4H3/t22-/m0/s1. The molecule has 34 heavy (non-hydrogen) atoms. The molecule has 0 bridgehead atoms. The van der Waals surface area contributed by atoms with Crippen molar-refractivity contribution in [3.05, 3.63) is 99.0 Å². The zero-order valence-electron chi connectivity index (χ0n) is 19.7. The van der Waals surface area contributed by atoms with E-state index in [9.17, 15) is 4.79 Å². The van der Waals surface area contributed by atoms with E-state index < -0.39 is 0 Å². The number of fused-ring (bicyclic) bond motifs is 1. The van der Waals surface area contributed by atoms with Crippen molar-refractivity contribution >= 4 is 23.3 Å². The molecule has 0 N–H and O–H groups in total. The summed E-state index contributed by atoms with van der Waals surface area (Å²) in [5.41, 5.74) is 6.66. The van der Waals surface area contributed by atoms with Gasteiger partial charge in [0.1, 0.15) is 5.82 Å². The van der Waals surface area contributed by atoms with Crippen molar-refractivity contribution in [2.45, 2.75) is 46.6 Å². The summed E-state index contributed by atoms with van der Waals surface area (Å²) in [7, 11) is 0. The number of nitrogens with zero attached hydrogens (tertiary/aromatic N) is 5. The lowest BCUT2D eigenvalue weighted by Gasteiger charge is -2.33. The molecular formula is C27H26ClN5O. The summed E-state index contributed by atoms with van der Waals surface area (Å²) in [6.07, 6.45) is 0.322. The summed E-state index contributed by atoms with van der Waals surface area (Å²) < 4.78 is 1.72. The number of carbonyl (C=O) groups excluding carboxylic acids is 1. The van der Waals surface area contributed by atoms with Crippen LogP contribution >= 0.6 is 11.6 Å². The summed E-state index contributed by atoms with van der Waals surface area (Å²) >= 11 is 6.60. The number of hydrogen-bond acceptors (Lipinski definition) is 4. The maximum atomic E-state index is 13.7. The van der Waals surface area contributed by atoms with E-state index in [2.05, 4.69) is 29.0 Å². The third-order valence-electron chi connectivity index (χ3n) is 6.23. The van der Waals surface area contributed by atoms with Crippen molar-refractivity contribution in [1.29, 1.82) is 0 Å². The normalized spacial score (nSPS) is 15.5. The van der Waals surface area contributed by atoms with E-state index in [1.54, 1.807) is 4.68 Å². The topological polar surface area (TPSA) is 63.9 Å². The van der Waals surface area contributed by atoms with Gasteiger partial charge in [0, 0.05) is 34.3 Å². The zero-order valence-corrected chi connectivity index (χ0v) is 20.5. The van der Waals surface area contributed by atoms with E-state index in [1.165, 1.54) is 0 Å². The van der Waals surface area contributed by atoms with Crippen LogP contribution < -0.4 is 4.90 Å². The highest BCUT2D eigenvalue weighted by Crippen LogP contribution is 2.45. The van der Waals surface area contributed by atoms with Gasteiger partial charge in [-0.05, 0) is 51.0 Å². The summed E-state index contributed by atoms with van der Waals surface area (Å²) in [5.74, 6) is 1.00. The first-order chi connectivity index (χ1) is 16.3. The van der Waals surface area contributed by atoms with Gasteiger partial charge in [0.25, 0.3) is 5.95 Å². The second-order valence-corrected chi connectivity index (χ2v) is 9.34. The molecule has 0 aliphatic carbocycles. The molecule has 0 spiro atoms. The van der Waals surface area contributed by atoms with Gasteiger partial charge in [0.2, 0.25) is 5.91 Å². The molecule has 1 aliphatic rings. The average Bonchev–Trinajstić information content (AvgIpc) is 3.13. The molecule has 1 aliphatic heterocycles. The van der Waals surface area contributed by atoms with Crippen molar-refractivity contribution in [2.75, 3.05) is 4.90 Å². The van der Waals surface area contributed by atoms with Crippen molar-refractivity contribution in [3.8, 4) is 5.95 Å². The SMILES string of the molecule is Cc1cccc(CN2C(=O)C[C@@H](c3ccccc3Cl)c3c(C)nn(-c4nc(C)cc(C)n4)c32)c1. The molecule has 2 aromatic carbocycles. The first kappa shape index (κ1) is 22.3. The van der Waals surface area contributed by atoms with Gasteiger partial charge in [-0.3, -0.25) is 9.69 Å². The molecule has 3 heterocycles. The lowest BCUT2D eigenvalue weighted by molar-refractivity contribution is -0.119. The van der Waals surface area contributed by atoms with Crippen LogP contribution in [0.25, 0.3) is 5.95 Å². The second kappa shape index (κ2) is 8.69. The van der Waals surface area contributed by atoms with E-state index in [0.29, 0.717) is 29.8 Å². The van der Waals surface area contributed by atoms with Crippen molar-refractivity contribution in [2.24, 2.45) is 0 Å². The summed E-state index contributed by atoms with van der Waals surface area (Å²) in [6, 6.07) is 17.9. The highest BCUT2D eigenvalue weighted by molar-refractivity contribution is 6.31. The van der Waals surface area contributed by atoms with Crippen LogP contribution in [0.4, 0.5) is 5.82 Å². The van der Waals surface area contributed by atoms with E-state index in [1.807, 2.05) is 68.1 Å². The van der Waals surface area contributed by atoms with Crippen LogP contribution in [0.15, 0.2) is 54.6 Å². The monoisotopic (exact) mass is 471 g/mol. The molecule has 1 amide bonds. The Morgan fingerprint density at radius 2 is 1.71 bits per heavy atom. The van der Waals surface area contributed by atoms with Crippen LogP contribution in [0.3, 0.4) is 0 Å². The smallest absolute Gasteiger partial charge is 0.252 e. The number of amides is 1. The Kier molecular flexibility index (Phi) is 5.70. The Balaban J connectivity index is 1.73. The molecule has 0 saturated carbocycles. The van der Waals surface area contributed by atoms with Gasteiger partial charge >= 0.3 is 0 Å². The predicted molar refractivity (Wildman–Crippen MR) is 134 cm³/mol. The first-order valence-corrected chi connectivity index (χ1v) is 11.7. The number of rotatable bonds is 4. The number of benzene rings is 2. The van der Waals surface area contributed by atoms with E-state index in [0.717, 1.165) is 39.3 Å². The van der Waals surface area contributed by atoms with Gasteiger partial charge in [-0.25, -0.2) is 9.97 Å². The fourth-order valence-corrected chi connectivity index (χ4v) is 5.09. The quantitative estimate of drug-likeness (QED) is 0.387. The van der Waals surface area contributed by atoms with Crippen molar-refractivity contribution < 1.29 is 4.79 Å². The summed E-state index contributed by atoms with van der Waals surface area (Å²) in [6.45, 7) is 8.34. The molecule has 0 fully saturated rings. The highest BCUT2D eigenvalue weighted by atomic mass is 35.5. The van der Waals surface area contributed by atoms with Gasteiger partial charge in [-0.1, -0.05) is 59.6 Å². The summed E-state index contributed by atoms with van der Waals surface area (Å²) in [5, 5.41) is 5.50. The molecular weight excluding hydrogens is 446 g/mol. The van der Waals surface area contributed by atoms with Gasteiger partial charge in [0.05, 0.1) is 12.2 Å². The van der Waals surface area contributed by atoms with Crippen LogP contribution in [-0.4, -0.2) is 25.7 Å². The molecule has 4 aromatic rings. The Morgan fingerprint density at radius 1 is 0.971 bits per heavy atom. The molecule has 5 rings (SSSR count). The first-order valence-electron chi connectivity index (χ1n) is 11.3. The predicted octanol–water partition coefficient (Wildman–Crippen LogP) is 5.62. The van der Waals surface area contributed by atoms with Gasteiger partial charge in [-0.2, -0.15) is 9.78 Å². The molecule has 1 atom stereocenters. The van der Waals surface area contributed by atoms with Crippen LogP contribution in [0.1, 0.15) is 51.7 Å². The number of halogens is 1. The number of anilines is 1. The average molecular weight is 472 g/mol. The second-order valence-electron chi connectivity index (χ2n) is 8.93. The van der Waals surface area contributed by atoms with Crippen LogP contribution in [0.2, 0.25) is 5.02 Å². The molecule has 172 valence electrons. The third kappa shape index (κ3) is 3.99. The van der Waals surface area contributed by atoms with Gasteiger partial charge in [-0.15, -0.1) is 0 Å². The lowest BCUT2D eigenvalue weighted by Crippen LogP contribution is -2.38. The fraction of sp³-hybridized carbons (Fsp3) is 0.259. The Labute approximate surface area is 204 Å². The Bertz CT molecular complexity index is 1390. The molecule has 0 radical (unpaired) electrons. The van der Waals surface area contributed by atoms with E-state index in [-0.39, 0.29) is 11.8 Å². The number of aromatic nitrogens is 4. The largest absolute Gasteiger partial charge is 0.292 e. The molecule has 0 unspecified atom stereocenters. The number of aryl methyl sites for hydroxylation is 4. The van der Waals surface area contributed by atoms with Gasteiger partial charge in [0.15, 0.2) is 0 Å². The zero-order chi connectivity index (χ0) is 24.0. The number of hydrogen-bond donors (Lipinski definition) is 0. The maximum absolute atomic E-state index is 13.7. The Hall–Kier alpha value is -3.51. The van der Waals surface area contributed by atoms with E-state index in [4.69, 9.17) is 16.7 Å². The number of carbonyl (C=O) groups is 1. The van der Waals surface area contributed by atoms with Crippen molar-refractivity contribution in [1.82, 2.24) is 19.7 Å². The fourth-order valence-electron chi connectivity index (χ4n) is 4.82. The minimum atomic E-state index is -0.190. The van der Waals surface area contributed by atoms with Crippen LogP contribution in [0, 0.1) is 27.7 Å². The third-order valence-corrected chi connectivity index (χ3v) is 6.57. The molecule has 7 heteroatoms. The highest BCUT2D eigenvalue weighted by Gasteiger charge is 2.39. The van der Waals surface area contributed by atoms with Crippen molar-refractivity contribution in [3.63, 3.8) is 0 Å². The molecule has 0 saturated heterocycles. The van der Waals surface area contributed by atoms with Gasteiger partial charge < -0.3 is 0 Å². The minimum absolute atomic E-state index is 0.0180. The molecule has 2 aromatic heterocycles. The van der Waals surface area contributed by atoms with Crippen LogP contribution in [0.5, 0.6) is 0 Å².